The molecule has 1 aliphatic carbocycles. The van der Waals surface area contributed by atoms with Crippen molar-refractivity contribution in [2.45, 2.75) is 11.4 Å². The van der Waals surface area contributed by atoms with Gasteiger partial charge in [-0.15, -0.1) is 0 Å². The molecule has 5 nitrogen and oxygen atoms in total. The standard InChI is InChI=1S/C9H13N3O2S/c1-11-5-9(10-6-11)15(13,14)12-3-7-2-8(7)4-12/h5-8H,2-4H2,1H3. The lowest BCUT2D eigenvalue weighted by molar-refractivity contribution is 0.440. The van der Waals surface area contributed by atoms with Gasteiger partial charge in [-0.3, -0.25) is 0 Å². The molecule has 2 heterocycles. The molecule has 1 aromatic heterocycles. The average Bonchev–Trinajstić information content (AvgIpc) is 2.65. The molecule has 0 radical (unpaired) electrons. The molecule has 2 atom stereocenters. The predicted octanol–water partition coefficient (Wildman–Crippen LogP) is 0.0605. The number of hydrogen-bond acceptors (Lipinski definition) is 3. The number of aryl methyl sites for hydroxylation is 1. The highest BCUT2D eigenvalue weighted by atomic mass is 32.2. The van der Waals surface area contributed by atoms with Crippen molar-refractivity contribution >= 4 is 10.0 Å². The number of piperidine rings is 1. The van der Waals surface area contributed by atoms with Crippen molar-refractivity contribution in [2.75, 3.05) is 13.1 Å². The summed E-state index contributed by atoms with van der Waals surface area (Å²) in [4.78, 5) is 3.91. The molecule has 0 aromatic carbocycles. The van der Waals surface area contributed by atoms with Crippen LogP contribution >= 0.6 is 0 Å². The highest BCUT2D eigenvalue weighted by Gasteiger charge is 2.49. The summed E-state index contributed by atoms with van der Waals surface area (Å²) in [6.07, 6.45) is 4.27. The van der Waals surface area contributed by atoms with Crippen LogP contribution in [0.2, 0.25) is 0 Å². The molecule has 0 bridgehead atoms. The molecule has 2 unspecified atom stereocenters. The van der Waals surface area contributed by atoms with Crippen LogP contribution in [0.25, 0.3) is 0 Å². The lowest BCUT2D eigenvalue weighted by atomic mass is 10.4. The molecule has 1 saturated heterocycles. The quantitative estimate of drug-likeness (QED) is 0.718. The second-order valence-electron chi connectivity index (χ2n) is 4.46. The molecule has 2 aliphatic rings. The lowest BCUT2D eigenvalue weighted by Gasteiger charge is -2.15. The molecule has 0 amide bonds. The molecule has 1 saturated carbocycles. The molecule has 3 rings (SSSR count). The van der Waals surface area contributed by atoms with Gasteiger partial charge in [0.2, 0.25) is 0 Å². The minimum atomic E-state index is -3.32. The van der Waals surface area contributed by atoms with E-state index in [4.69, 9.17) is 0 Å². The first kappa shape index (κ1) is 9.35. The Morgan fingerprint density at radius 3 is 2.60 bits per heavy atom. The minimum absolute atomic E-state index is 0.173. The van der Waals surface area contributed by atoms with Gasteiger partial charge in [0.1, 0.15) is 0 Å². The van der Waals surface area contributed by atoms with Gasteiger partial charge in [-0.2, -0.15) is 4.31 Å². The van der Waals surface area contributed by atoms with Gasteiger partial charge < -0.3 is 4.57 Å². The summed E-state index contributed by atoms with van der Waals surface area (Å²) in [6, 6.07) is 0. The molecule has 0 spiro atoms. The number of imidazole rings is 1. The van der Waals surface area contributed by atoms with Crippen molar-refractivity contribution in [2.24, 2.45) is 18.9 Å². The topological polar surface area (TPSA) is 55.2 Å². The van der Waals surface area contributed by atoms with Gasteiger partial charge in [-0.1, -0.05) is 0 Å². The Hall–Kier alpha value is -0.880. The Balaban J connectivity index is 1.90. The third-order valence-corrected chi connectivity index (χ3v) is 4.95. The SMILES string of the molecule is Cn1cnc(S(=O)(=O)N2CC3CC3C2)c1. The van der Waals surface area contributed by atoms with Crippen molar-refractivity contribution in [3.8, 4) is 0 Å². The maximum Gasteiger partial charge on any atom is 0.262 e. The molecule has 82 valence electrons. The molecular weight excluding hydrogens is 214 g/mol. The monoisotopic (exact) mass is 227 g/mol. The molecule has 1 aliphatic heterocycles. The average molecular weight is 227 g/mol. The summed E-state index contributed by atoms with van der Waals surface area (Å²) in [6.45, 7) is 1.37. The zero-order valence-corrected chi connectivity index (χ0v) is 9.31. The van der Waals surface area contributed by atoms with Crippen LogP contribution in [0.3, 0.4) is 0 Å². The minimum Gasteiger partial charge on any atom is -0.339 e. The molecule has 6 heteroatoms. The van der Waals surface area contributed by atoms with Gasteiger partial charge in [0.25, 0.3) is 10.0 Å². The highest BCUT2D eigenvalue weighted by molar-refractivity contribution is 7.89. The van der Waals surface area contributed by atoms with Gasteiger partial charge in [0, 0.05) is 26.3 Å². The first-order valence-electron chi connectivity index (χ1n) is 5.05. The lowest BCUT2D eigenvalue weighted by Crippen LogP contribution is -2.30. The Morgan fingerprint density at radius 1 is 1.40 bits per heavy atom. The Labute approximate surface area is 88.8 Å². The Bertz CT molecular complexity index is 483. The van der Waals surface area contributed by atoms with Gasteiger partial charge in [-0.05, 0) is 18.3 Å². The highest BCUT2D eigenvalue weighted by Crippen LogP contribution is 2.46. The van der Waals surface area contributed by atoms with Crippen molar-refractivity contribution in [3.63, 3.8) is 0 Å². The predicted molar refractivity (Wildman–Crippen MR) is 53.6 cm³/mol. The van der Waals surface area contributed by atoms with Crippen molar-refractivity contribution in [1.29, 1.82) is 0 Å². The smallest absolute Gasteiger partial charge is 0.262 e. The second kappa shape index (κ2) is 2.82. The van der Waals surface area contributed by atoms with Crippen LogP contribution in [-0.4, -0.2) is 35.4 Å². The van der Waals surface area contributed by atoms with Crippen LogP contribution in [0.5, 0.6) is 0 Å². The zero-order chi connectivity index (χ0) is 10.6. The summed E-state index contributed by atoms with van der Waals surface area (Å²) in [5.74, 6) is 1.23. The summed E-state index contributed by atoms with van der Waals surface area (Å²) in [5.41, 5.74) is 0. The number of aromatic nitrogens is 2. The number of hydrogen-bond donors (Lipinski definition) is 0. The Morgan fingerprint density at radius 2 is 2.07 bits per heavy atom. The molecule has 0 N–H and O–H groups in total. The van der Waals surface area contributed by atoms with Crippen LogP contribution in [0.15, 0.2) is 17.6 Å². The van der Waals surface area contributed by atoms with E-state index in [2.05, 4.69) is 4.98 Å². The molecular formula is C9H13N3O2S. The molecule has 15 heavy (non-hydrogen) atoms. The van der Waals surface area contributed by atoms with Gasteiger partial charge in [0.05, 0.1) is 6.33 Å². The largest absolute Gasteiger partial charge is 0.339 e. The van der Waals surface area contributed by atoms with E-state index in [9.17, 15) is 8.42 Å². The maximum absolute atomic E-state index is 12.1. The maximum atomic E-state index is 12.1. The van der Waals surface area contributed by atoms with Crippen LogP contribution in [-0.2, 0) is 17.1 Å². The third-order valence-electron chi connectivity index (χ3n) is 3.23. The van der Waals surface area contributed by atoms with E-state index in [1.54, 1.807) is 22.1 Å². The van der Waals surface area contributed by atoms with Crippen molar-refractivity contribution in [3.05, 3.63) is 12.5 Å². The summed E-state index contributed by atoms with van der Waals surface area (Å²) in [5, 5.41) is 0.173. The van der Waals surface area contributed by atoms with Gasteiger partial charge >= 0.3 is 0 Å². The normalized spacial score (nSPS) is 30.5. The first-order chi connectivity index (χ1) is 7.07. The van der Waals surface area contributed by atoms with E-state index in [1.165, 1.54) is 12.7 Å². The van der Waals surface area contributed by atoms with E-state index in [1.807, 2.05) is 0 Å². The van der Waals surface area contributed by atoms with E-state index in [0.29, 0.717) is 24.9 Å². The van der Waals surface area contributed by atoms with E-state index >= 15 is 0 Å². The van der Waals surface area contributed by atoms with Crippen molar-refractivity contribution < 1.29 is 8.42 Å². The Kier molecular flexibility index (Phi) is 1.76. The van der Waals surface area contributed by atoms with Gasteiger partial charge in [-0.25, -0.2) is 13.4 Å². The molecule has 2 fully saturated rings. The number of sulfonamides is 1. The zero-order valence-electron chi connectivity index (χ0n) is 8.50. The van der Waals surface area contributed by atoms with Crippen LogP contribution in [0.1, 0.15) is 6.42 Å². The van der Waals surface area contributed by atoms with Crippen molar-refractivity contribution in [1.82, 2.24) is 13.9 Å². The number of fused-ring (bicyclic) bond motifs is 1. The first-order valence-corrected chi connectivity index (χ1v) is 6.49. The fraction of sp³-hybridized carbons (Fsp3) is 0.667. The number of nitrogens with zero attached hydrogens (tertiary/aromatic N) is 3. The number of rotatable bonds is 2. The second-order valence-corrected chi connectivity index (χ2v) is 6.34. The third kappa shape index (κ3) is 1.39. The molecule has 1 aromatic rings. The van der Waals surface area contributed by atoms with E-state index in [0.717, 1.165) is 0 Å². The van der Waals surface area contributed by atoms with E-state index < -0.39 is 10.0 Å². The fourth-order valence-corrected chi connectivity index (χ4v) is 3.73. The summed E-state index contributed by atoms with van der Waals surface area (Å²) in [7, 11) is -1.55. The van der Waals surface area contributed by atoms with Crippen LogP contribution < -0.4 is 0 Å². The summed E-state index contributed by atoms with van der Waals surface area (Å²) < 4.78 is 27.3. The fourth-order valence-electron chi connectivity index (χ4n) is 2.21. The van der Waals surface area contributed by atoms with Gasteiger partial charge in [0.15, 0.2) is 5.03 Å². The van der Waals surface area contributed by atoms with Crippen LogP contribution in [0, 0.1) is 11.8 Å². The van der Waals surface area contributed by atoms with Crippen LogP contribution in [0.4, 0.5) is 0 Å². The van der Waals surface area contributed by atoms with E-state index in [-0.39, 0.29) is 5.03 Å². The summed E-state index contributed by atoms with van der Waals surface area (Å²) >= 11 is 0.